The SMILES string of the molecule is Cc1ccc(C(O)Cn2cc([N+](=O)[O-])c(C)cc2=O)cc1. The van der Waals surface area contributed by atoms with Gasteiger partial charge >= 0.3 is 0 Å². The Labute approximate surface area is 121 Å². The molecule has 1 atom stereocenters. The van der Waals surface area contributed by atoms with Crippen molar-refractivity contribution >= 4 is 5.69 Å². The van der Waals surface area contributed by atoms with Gasteiger partial charge in [-0.2, -0.15) is 0 Å². The topological polar surface area (TPSA) is 85.4 Å². The molecule has 1 aromatic heterocycles. The number of rotatable bonds is 4. The Bertz CT molecular complexity index is 719. The van der Waals surface area contributed by atoms with Crippen molar-refractivity contribution in [2.24, 2.45) is 0 Å². The highest BCUT2D eigenvalue weighted by Crippen LogP contribution is 2.18. The third-order valence-electron chi connectivity index (χ3n) is 3.33. The summed E-state index contributed by atoms with van der Waals surface area (Å²) in [5, 5.41) is 21.1. The fourth-order valence-corrected chi connectivity index (χ4v) is 2.07. The van der Waals surface area contributed by atoms with Crippen molar-refractivity contribution in [3.63, 3.8) is 0 Å². The van der Waals surface area contributed by atoms with Gasteiger partial charge in [0.05, 0.1) is 23.8 Å². The van der Waals surface area contributed by atoms with E-state index in [-0.39, 0.29) is 17.8 Å². The summed E-state index contributed by atoms with van der Waals surface area (Å²) >= 11 is 0. The standard InChI is InChI=1S/C15H16N2O4/c1-10-3-5-12(6-4-10)14(18)9-16-8-13(17(20)21)11(2)7-15(16)19/h3-8,14,18H,9H2,1-2H3. The second-order valence-electron chi connectivity index (χ2n) is 5.02. The first-order valence-electron chi connectivity index (χ1n) is 6.48. The molecule has 0 saturated heterocycles. The van der Waals surface area contributed by atoms with Crippen LogP contribution >= 0.6 is 0 Å². The van der Waals surface area contributed by atoms with E-state index in [1.807, 2.05) is 19.1 Å². The summed E-state index contributed by atoms with van der Waals surface area (Å²) in [7, 11) is 0. The number of aryl methyl sites for hydroxylation is 2. The van der Waals surface area contributed by atoms with E-state index in [4.69, 9.17) is 0 Å². The van der Waals surface area contributed by atoms with Gasteiger partial charge in [0.1, 0.15) is 0 Å². The van der Waals surface area contributed by atoms with Gasteiger partial charge in [0.15, 0.2) is 0 Å². The first kappa shape index (κ1) is 14.9. The average molecular weight is 288 g/mol. The number of aromatic nitrogens is 1. The number of nitro groups is 1. The molecule has 1 heterocycles. The van der Waals surface area contributed by atoms with Crippen LogP contribution in [-0.2, 0) is 6.54 Å². The predicted octanol–water partition coefficient (Wildman–Crippen LogP) is 2.11. The molecule has 110 valence electrons. The molecule has 6 heteroatoms. The highest BCUT2D eigenvalue weighted by molar-refractivity contribution is 5.36. The van der Waals surface area contributed by atoms with Crippen LogP contribution in [0.3, 0.4) is 0 Å². The monoisotopic (exact) mass is 288 g/mol. The maximum Gasteiger partial charge on any atom is 0.288 e. The van der Waals surface area contributed by atoms with Gasteiger partial charge in [-0.05, 0) is 19.4 Å². The zero-order valence-electron chi connectivity index (χ0n) is 11.8. The van der Waals surface area contributed by atoms with Crippen LogP contribution in [0.5, 0.6) is 0 Å². The number of aliphatic hydroxyl groups is 1. The Morgan fingerprint density at radius 1 is 1.29 bits per heavy atom. The smallest absolute Gasteiger partial charge is 0.288 e. The molecule has 6 nitrogen and oxygen atoms in total. The lowest BCUT2D eigenvalue weighted by Gasteiger charge is -2.13. The van der Waals surface area contributed by atoms with Crippen molar-refractivity contribution < 1.29 is 10.0 Å². The molecule has 1 unspecified atom stereocenters. The molecule has 0 aliphatic rings. The van der Waals surface area contributed by atoms with Gasteiger partial charge in [0.25, 0.3) is 11.2 Å². The van der Waals surface area contributed by atoms with Gasteiger partial charge in [-0.15, -0.1) is 0 Å². The van der Waals surface area contributed by atoms with E-state index in [1.54, 1.807) is 12.1 Å². The highest BCUT2D eigenvalue weighted by Gasteiger charge is 2.16. The Kier molecular flexibility index (Phi) is 4.18. The van der Waals surface area contributed by atoms with Crippen molar-refractivity contribution in [2.75, 3.05) is 0 Å². The normalized spacial score (nSPS) is 12.1. The maximum absolute atomic E-state index is 11.9. The predicted molar refractivity (Wildman–Crippen MR) is 78.2 cm³/mol. The molecule has 0 bridgehead atoms. The number of nitrogens with zero attached hydrogens (tertiary/aromatic N) is 2. The molecule has 0 spiro atoms. The van der Waals surface area contributed by atoms with Gasteiger partial charge in [0.2, 0.25) is 0 Å². The quantitative estimate of drug-likeness (QED) is 0.689. The van der Waals surface area contributed by atoms with Crippen molar-refractivity contribution in [2.45, 2.75) is 26.5 Å². The number of hydrogen-bond donors (Lipinski definition) is 1. The lowest BCUT2D eigenvalue weighted by molar-refractivity contribution is -0.386. The summed E-state index contributed by atoms with van der Waals surface area (Å²) in [5.41, 5.74) is 1.53. The minimum Gasteiger partial charge on any atom is -0.387 e. The van der Waals surface area contributed by atoms with Crippen LogP contribution in [0.15, 0.2) is 41.3 Å². The minimum absolute atomic E-state index is 0.0248. The van der Waals surface area contributed by atoms with Crippen molar-refractivity contribution in [1.29, 1.82) is 0 Å². The summed E-state index contributed by atoms with van der Waals surface area (Å²) in [4.78, 5) is 22.2. The minimum atomic E-state index is -0.898. The second-order valence-corrected chi connectivity index (χ2v) is 5.02. The molecule has 0 radical (unpaired) electrons. The van der Waals surface area contributed by atoms with E-state index in [9.17, 15) is 20.0 Å². The molecule has 2 aromatic rings. The second kappa shape index (κ2) is 5.88. The van der Waals surface area contributed by atoms with Crippen molar-refractivity contribution in [3.8, 4) is 0 Å². The van der Waals surface area contributed by atoms with Gasteiger partial charge in [0, 0.05) is 11.6 Å². The molecule has 0 aliphatic carbocycles. The van der Waals surface area contributed by atoms with Crippen LogP contribution in [0.2, 0.25) is 0 Å². The summed E-state index contributed by atoms with van der Waals surface area (Å²) in [6.07, 6.45) is 0.278. The zero-order valence-corrected chi connectivity index (χ0v) is 11.8. The molecule has 1 N–H and O–H groups in total. The Morgan fingerprint density at radius 2 is 1.90 bits per heavy atom. The third-order valence-corrected chi connectivity index (χ3v) is 3.33. The van der Waals surface area contributed by atoms with Crippen LogP contribution in [0, 0.1) is 24.0 Å². The largest absolute Gasteiger partial charge is 0.387 e. The summed E-state index contributed by atoms with van der Waals surface area (Å²) in [5.74, 6) is 0. The molecule has 0 saturated carbocycles. The van der Waals surface area contributed by atoms with Crippen molar-refractivity contribution in [3.05, 3.63) is 73.7 Å². The summed E-state index contributed by atoms with van der Waals surface area (Å²) in [6, 6.07) is 8.47. The molecule has 0 aliphatic heterocycles. The van der Waals surface area contributed by atoms with Gasteiger partial charge in [-0.25, -0.2) is 0 Å². The highest BCUT2D eigenvalue weighted by atomic mass is 16.6. The molecule has 1 aromatic carbocycles. The first-order chi connectivity index (χ1) is 9.88. The van der Waals surface area contributed by atoms with E-state index in [2.05, 4.69) is 0 Å². The number of aliphatic hydroxyl groups excluding tert-OH is 1. The molecular formula is C15H16N2O4. The fourth-order valence-electron chi connectivity index (χ4n) is 2.07. The zero-order chi connectivity index (χ0) is 15.6. The van der Waals surface area contributed by atoms with E-state index >= 15 is 0 Å². The number of pyridine rings is 1. The van der Waals surface area contributed by atoms with Crippen LogP contribution in [0.1, 0.15) is 22.8 Å². The van der Waals surface area contributed by atoms with Gasteiger partial charge in [-0.3, -0.25) is 14.9 Å². The van der Waals surface area contributed by atoms with Crippen LogP contribution < -0.4 is 5.56 Å². The Balaban J connectivity index is 2.30. The molecule has 0 fully saturated rings. The molecule has 2 rings (SSSR count). The Morgan fingerprint density at radius 3 is 2.48 bits per heavy atom. The molecule has 21 heavy (non-hydrogen) atoms. The summed E-state index contributed by atoms with van der Waals surface area (Å²) in [6.45, 7) is 3.42. The lowest BCUT2D eigenvalue weighted by Crippen LogP contribution is -2.23. The maximum atomic E-state index is 11.9. The fraction of sp³-hybridized carbons (Fsp3) is 0.267. The van der Waals surface area contributed by atoms with E-state index in [0.717, 1.165) is 10.1 Å². The van der Waals surface area contributed by atoms with Crippen LogP contribution in [0.25, 0.3) is 0 Å². The average Bonchev–Trinajstić information content (AvgIpc) is 2.42. The van der Waals surface area contributed by atoms with Gasteiger partial charge in [-0.1, -0.05) is 29.8 Å². The Hall–Kier alpha value is -2.47. The third kappa shape index (κ3) is 3.35. The van der Waals surface area contributed by atoms with E-state index in [1.165, 1.54) is 19.2 Å². The van der Waals surface area contributed by atoms with E-state index in [0.29, 0.717) is 11.1 Å². The number of benzene rings is 1. The lowest BCUT2D eigenvalue weighted by atomic mass is 10.1. The molecule has 0 amide bonds. The van der Waals surface area contributed by atoms with Gasteiger partial charge < -0.3 is 9.67 Å². The molecular weight excluding hydrogens is 272 g/mol. The number of hydrogen-bond acceptors (Lipinski definition) is 4. The summed E-state index contributed by atoms with van der Waals surface area (Å²) < 4.78 is 1.16. The van der Waals surface area contributed by atoms with Crippen molar-refractivity contribution in [1.82, 2.24) is 4.57 Å². The van der Waals surface area contributed by atoms with E-state index < -0.39 is 11.0 Å². The first-order valence-corrected chi connectivity index (χ1v) is 6.48. The van der Waals surface area contributed by atoms with Crippen LogP contribution in [0.4, 0.5) is 5.69 Å². The van der Waals surface area contributed by atoms with Crippen LogP contribution in [-0.4, -0.2) is 14.6 Å².